The SMILES string of the molecule is Cc1cc(S(=O)C2CCCC2)c(S(C)(=O)=O)cc1C(=O)Cl.Cc1cc(S(=O)C2CCCC2)c(S(C)(=O)=O)cc1C(=O)N=C(N)N. The molecule has 0 heterocycles. The summed E-state index contributed by atoms with van der Waals surface area (Å²) in [6, 6.07) is 5.50. The van der Waals surface area contributed by atoms with Gasteiger partial charge < -0.3 is 11.5 Å². The van der Waals surface area contributed by atoms with Crippen LogP contribution in [0, 0.1) is 13.8 Å². The second-order valence-electron chi connectivity index (χ2n) is 11.3. The number of nitrogens with two attached hydrogens (primary N) is 2. The van der Waals surface area contributed by atoms with Crippen molar-refractivity contribution in [3.63, 3.8) is 0 Å². The smallest absolute Gasteiger partial charge is 0.280 e. The van der Waals surface area contributed by atoms with Crippen molar-refractivity contribution in [2.75, 3.05) is 12.5 Å². The van der Waals surface area contributed by atoms with Crippen LogP contribution in [-0.2, 0) is 41.3 Å². The van der Waals surface area contributed by atoms with Crippen LogP contribution in [0.25, 0.3) is 0 Å². The van der Waals surface area contributed by atoms with Gasteiger partial charge in [-0.25, -0.2) is 16.8 Å². The Labute approximate surface area is 274 Å². The lowest BCUT2D eigenvalue weighted by molar-refractivity contribution is 0.100. The molecule has 0 bridgehead atoms. The Morgan fingerprint density at radius 1 is 0.733 bits per heavy atom. The lowest BCUT2D eigenvalue weighted by Gasteiger charge is -2.15. The van der Waals surface area contributed by atoms with Gasteiger partial charge >= 0.3 is 0 Å². The average Bonchev–Trinajstić information content (AvgIpc) is 3.65. The summed E-state index contributed by atoms with van der Waals surface area (Å²) in [7, 11) is -10.1. The number of aryl methyl sites for hydroxylation is 2. The van der Waals surface area contributed by atoms with Crippen molar-refractivity contribution in [2.24, 2.45) is 16.5 Å². The molecule has 4 rings (SSSR count). The van der Waals surface area contributed by atoms with E-state index in [-0.39, 0.29) is 36.3 Å². The Balaban J connectivity index is 0.000000248. The summed E-state index contributed by atoms with van der Waals surface area (Å²) in [5.41, 5.74) is 11.7. The van der Waals surface area contributed by atoms with Gasteiger partial charge in [0.05, 0.1) is 41.2 Å². The summed E-state index contributed by atoms with van der Waals surface area (Å²) in [5, 5.41) is -0.776. The highest BCUT2D eigenvalue weighted by Crippen LogP contribution is 2.33. The van der Waals surface area contributed by atoms with Crippen LogP contribution in [-0.4, -0.2) is 65.4 Å². The Bertz CT molecular complexity index is 1790. The van der Waals surface area contributed by atoms with Gasteiger partial charge in [0.25, 0.3) is 11.1 Å². The maximum atomic E-state index is 12.8. The summed E-state index contributed by atoms with van der Waals surface area (Å²) in [6.45, 7) is 3.30. The second-order valence-corrected chi connectivity index (χ2v) is 19.0. The van der Waals surface area contributed by atoms with E-state index in [2.05, 4.69) is 4.99 Å². The van der Waals surface area contributed by atoms with Crippen molar-refractivity contribution in [3.05, 3.63) is 46.5 Å². The van der Waals surface area contributed by atoms with Crippen LogP contribution in [0.15, 0.2) is 48.8 Å². The van der Waals surface area contributed by atoms with Crippen LogP contribution in [0.4, 0.5) is 0 Å². The Hall–Kier alpha value is -2.46. The predicted octanol–water partition coefficient (Wildman–Crippen LogP) is 3.69. The number of guanidine groups is 1. The van der Waals surface area contributed by atoms with Gasteiger partial charge in [-0.3, -0.25) is 18.0 Å². The second kappa shape index (κ2) is 15.0. The normalized spacial score (nSPS) is 17.3. The molecule has 11 nitrogen and oxygen atoms in total. The van der Waals surface area contributed by atoms with Gasteiger partial charge in [-0.1, -0.05) is 25.7 Å². The molecular weight excluding hydrogens is 682 g/mol. The molecule has 16 heteroatoms. The van der Waals surface area contributed by atoms with Gasteiger partial charge in [0.2, 0.25) is 0 Å². The first-order valence-electron chi connectivity index (χ1n) is 14.2. The Morgan fingerprint density at radius 3 is 1.42 bits per heavy atom. The number of amides is 1. The monoisotopic (exact) mass is 719 g/mol. The highest BCUT2D eigenvalue weighted by molar-refractivity contribution is 7.92. The molecule has 0 aliphatic heterocycles. The standard InChI is InChI=1S/C15H21N3O4S2.C14H17ClO4S2/c1-9-7-12(23(20)10-5-3-4-6-10)13(24(2,21)22)8-11(9)14(19)18-15(16)17;1-9-7-12(20(17)10-5-3-4-6-10)13(21(2,18)19)8-11(9)14(15)16/h7-8,10H,3-6H2,1-2H3,(H4,16,17,18,19);7-8,10H,3-6H2,1-2H3. The van der Waals surface area contributed by atoms with Gasteiger partial charge in [0.1, 0.15) is 0 Å². The molecule has 0 saturated heterocycles. The van der Waals surface area contributed by atoms with Crippen LogP contribution in [0.1, 0.15) is 83.2 Å². The van der Waals surface area contributed by atoms with Gasteiger partial charge in [0, 0.05) is 34.1 Å². The van der Waals surface area contributed by atoms with E-state index in [0.717, 1.165) is 63.9 Å². The molecule has 2 aromatic carbocycles. The van der Waals surface area contributed by atoms with E-state index in [9.17, 15) is 34.8 Å². The molecule has 2 saturated carbocycles. The van der Waals surface area contributed by atoms with Crippen molar-refractivity contribution in [3.8, 4) is 0 Å². The molecule has 2 unspecified atom stereocenters. The third-order valence-corrected chi connectivity index (χ3v) is 14.1. The summed E-state index contributed by atoms with van der Waals surface area (Å²) < 4.78 is 73.7. The zero-order chi connectivity index (χ0) is 33.9. The number of aliphatic imine (C=N–C) groups is 1. The quantitative estimate of drug-likeness (QED) is 0.230. The van der Waals surface area contributed by atoms with E-state index < -0.39 is 58.4 Å². The first-order valence-corrected chi connectivity index (χ1v) is 20.8. The van der Waals surface area contributed by atoms with Crippen LogP contribution in [0.2, 0.25) is 0 Å². The van der Waals surface area contributed by atoms with Crippen LogP contribution in [0.3, 0.4) is 0 Å². The fourth-order valence-electron chi connectivity index (χ4n) is 5.40. The number of nitrogens with zero attached hydrogens (tertiary/aromatic N) is 1. The molecule has 1 amide bonds. The van der Waals surface area contributed by atoms with E-state index in [0.29, 0.717) is 16.0 Å². The molecule has 45 heavy (non-hydrogen) atoms. The van der Waals surface area contributed by atoms with Crippen molar-refractivity contribution in [1.29, 1.82) is 0 Å². The molecule has 0 aromatic heterocycles. The molecule has 0 spiro atoms. The van der Waals surface area contributed by atoms with Crippen LogP contribution in [0.5, 0.6) is 0 Å². The minimum atomic E-state index is -3.67. The first kappa shape index (κ1) is 37.0. The molecular formula is C29H38ClN3O8S4. The third-order valence-electron chi connectivity index (χ3n) is 7.70. The van der Waals surface area contributed by atoms with Crippen molar-refractivity contribution in [2.45, 2.75) is 95.3 Å². The highest BCUT2D eigenvalue weighted by atomic mass is 35.5. The first-order chi connectivity index (χ1) is 20.8. The lowest BCUT2D eigenvalue weighted by Crippen LogP contribution is -2.24. The summed E-state index contributed by atoms with van der Waals surface area (Å²) in [4.78, 5) is 27.3. The largest absolute Gasteiger partial charge is 0.370 e. The van der Waals surface area contributed by atoms with Gasteiger partial charge in [-0.2, -0.15) is 4.99 Å². The third kappa shape index (κ3) is 9.31. The van der Waals surface area contributed by atoms with E-state index >= 15 is 0 Å². The van der Waals surface area contributed by atoms with E-state index in [1.54, 1.807) is 13.8 Å². The maximum Gasteiger partial charge on any atom is 0.280 e. The number of benzene rings is 2. The summed E-state index contributed by atoms with van der Waals surface area (Å²) in [6.07, 6.45) is 9.39. The molecule has 2 atom stereocenters. The van der Waals surface area contributed by atoms with Crippen molar-refractivity contribution in [1.82, 2.24) is 0 Å². The predicted molar refractivity (Wildman–Crippen MR) is 176 cm³/mol. The molecule has 4 N–H and O–H groups in total. The fraction of sp³-hybridized carbons (Fsp3) is 0.483. The van der Waals surface area contributed by atoms with Crippen LogP contribution < -0.4 is 11.5 Å². The average molecular weight is 720 g/mol. The molecule has 2 aliphatic rings. The zero-order valence-corrected chi connectivity index (χ0v) is 29.5. The molecule has 248 valence electrons. The minimum Gasteiger partial charge on any atom is -0.370 e. The van der Waals surface area contributed by atoms with E-state index in [1.165, 1.54) is 24.3 Å². The lowest BCUT2D eigenvalue weighted by atomic mass is 10.1. The van der Waals surface area contributed by atoms with E-state index in [1.807, 2.05) is 0 Å². The number of sulfone groups is 2. The van der Waals surface area contributed by atoms with Gasteiger partial charge in [0.15, 0.2) is 25.6 Å². The minimum absolute atomic E-state index is 0.0116. The van der Waals surface area contributed by atoms with Crippen molar-refractivity contribution < 1.29 is 34.8 Å². The van der Waals surface area contributed by atoms with E-state index in [4.69, 9.17) is 23.1 Å². The zero-order valence-electron chi connectivity index (χ0n) is 25.5. The van der Waals surface area contributed by atoms with Crippen molar-refractivity contribution >= 4 is 70.0 Å². The number of carbonyl (C=O) groups is 2. The number of carbonyl (C=O) groups excluding carboxylic acids is 2. The molecule has 2 aliphatic carbocycles. The van der Waals surface area contributed by atoms with Gasteiger partial charge in [-0.15, -0.1) is 0 Å². The summed E-state index contributed by atoms with van der Waals surface area (Å²) in [5.74, 6) is -1.13. The number of hydrogen-bond acceptors (Lipinski definition) is 8. The Kier molecular flexibility index (Phi) is 12.3. The number of halogens is 1. The molecule has 0 radical (unpaired) electrons. The maximum absolute atomic E-state index is 12.8. The summed E-state index contributed by atoms with van der Waals surface area (Å²) >= 11 is 5.48. The topological polar surface area (TPSA) is 201 Å². The van der Waals surface area contributed by atoms with Crippen LogP contribution >= 0.6 is 11.6 Å². The van der Waals surface area contributed by atoms with Gasteiger partial charge in [-0.05, 0) is 86.5 Å². The Morgan fingerprint density at radius 2 is 1.09 bits per heavy atom. The number of rotatable bonds is 8. The highest BCUT2D eigenvalue weighted by Gasteiger charge is 2.30. The molecule has 2 aromatic rings. The number of hydrogen-bond donors (Lipinski definition) is 2. The molecule has 2 fully saturated rings. The fourth-order valence-corrected chi connectivity index (χ4v) is 11.9.